The van der Waals surface area contributed by atoms with Gasteiger partial charge in [-0.1, -0.05) is 25.5 Å². The molecule has 0 spiro atoms. The number of hydrogen-bond acceptors (Lipinski definition) is 2. The Hall–Kier alpha value is -1.51. The van der Waals surface area contributed by atoms with Crippen molar-refractivity contribution in [2.45, 2.75) is 38.0 Å². The third kappa shape index (κ3) is 2.11. The van der Waals surface area contributed by atoms with Crippen LogP contribution in [0.1, 0.15) is 38.2 Å². The summed E-state index contributed by atoms with van der Waals surface area (Å²) in [6, 6.07) is 8.17. The summed E-state index contributed by atoms with van der Waals surface area (Å²) in [6.07, 6.45) is 4.14. The van der Waals surface area contributed by atoms with E-state index in [1.165, 1.54) is 18.5 Å². The van der Waals surface area contributed by atoms with Crippen molar-refractivity contribution >= 4 is 11.7 Å². The fraction of sp³-hybridized carbons (Fsp3) is 0.562. The molecule has 1 aliphatic carbocycles. The highest BCUT2D eigenvalue weighted by Crippen LogP contribution is 2.48. The summed E-state index contributed by atoms with van der Waals surface area (Å²) < 4.78 is 0. The number of benzene rings is 1. The first kappa shape index (κ1) is 12.5. The zero-order valence-electron chi connectivity index (χ0n) is 11.4. The van der Waals surface area contributed by atoms with E-state index in [2.05, 4.69) is 24.0 Å². The minimum Gasteiger partial charge on any atom is -0.481 e. The number of carboxylic acids is 1. The fourth-order valence-electron chi connectivity index (χ4n) is 3.11. The number of carboxylic acid groups (broad SMARTS) is 1. The predicted molar refractivity (Wildman–Crippen MR) is 75.6 cm³/mol. The van der Waals surface area contributed by atoms with Gasteiger partial charge in [0.15, 0.2) is 0 Å². The monoisotopic (exact) mass is 259 g/mol. The topological polar surface area (TPSA) is 40.5 Å². The Labute approximate surface area is 114 Å². The number of anilines is 1. The van der Waals surface area contributed by atoms with Crippen molar-refractivity contribution < 1.29 is 9.90 Å². The Balaban J connectivity index is 1.66. The molecule has 0 radical (unpaired) electrons. The van der Waals surface area contributed by atoms with Crippen LogP contribution in [-0.2, 0) is 10.2 Å². The predicted octanol–water partition coefficient (Wildman–Crippen LogP) is 3.04. The average Bonchev–Trinajstić information content (AvgIpc) is 3.15. The molecule has 0 unspecified atom stereocenters. The zero-order valence-corrected chi connectivity index (χ0v) is 11.4. The second kappa shape index (κ2) is 4.55. The van der Waals surface area contributed by atoms with Gasteiger partial charge in [-0.2, -0.15) is 0 Å². The standard InChI is InChI=1S/C16H21NO2/c1-2-3-12-10-17(11-12)14-6-4-13(5-7-14)16(8-9-16)15(18)19/h4-7,12H,2-3,8-11H2,1H3,(H,18,19). The molecule has 1 saturated carbocycles. The maximum Gasteiger partial charge on any atom is 0.314 e. The number of rotatable bonds is 5. The zero-order chi connectivity index (χ0) is 13.5. The first-order chi connectivity index (χ1) is 9.15. The summed E-state index contributed by atoms with van der Waals surface area (Å²) in [6.45, 7) is 4.53. The summed E-state index contributed by atoms with van der Waals surface area (Å²) in [7, 11) is 0. The third-order valence-electron chi connectivity index (χ3n) is 4.60. The van der Waals surface area contributed by atoms with E-state index >= 15 is 0 Å². The van der Waals surface area contributed by atoms with Crippen LogP contribution in [0.3, 0.4) is 0 Å². The van der Waals surface area contributed by atoms with Crippen molar-refractivity contribution in [3.63, 3.8) is 0 Å². The van der Waals surface area contributed by atoms with Crippen LogP contribution in [0.4, 0.5) is 5.69 Å². The molecule has 0 aromatic heterocycles. The lowest BCUT2D eigenvalue weighted by Crippen LogP contribution is -2.46. The van der Waals surface area contributed by atoms with Crippen LogP contribution in [0.5, 0.6) is 0 Å². The molecule has 3 heteroatoms. The molecule has 1 aromatic rings. The van der Waals surface area contributed by atoms with Crippen LogP contribution >= 0.6 is 0 Å². The van der Waals surface area contributed by atoms with Crippen molar-refractivity contribution in [1.29, 1.82) is 0 Å². The van der Waals surface area contributed by atoms with Crippen molar-refractivity contribution in [2.24, 2.45) is 5.92 Å². The van der Waals surface area contributed by atoms with Crippen LogP contribution in [0.25, 0.3) is 0 Å². The van der Waals surface area contributed by atoms with Crippen molar-refractivity contribution in [3.05, 3.63) is 29.8 Å². The quantitative estimate of drug-likeness (QED) is 0.883. The molecule has 1 aromatic carbocycles. The van der Waals surface area contributed by atoms with Gasteiger partial charge >= 0.3 is 5.97 Å². The molecule has 0 bridgehead atoms. The Morgan fingerprint density at radius 2 is 1.95 bits per heavy atom. The molecule has 2 aliphatic rings. The highest BCUT2D eigenvalue weighted by atomic mass is 16.4. The second-order valence-corrected chi connectivity index (χ2v) is 5.99. The van der Waals surface area contributed by atoms with E-state index in [-0.39, 0.29) is 0 Å². The summed E-state index contributed by atoms with van der Waals surface area (Å²) in [4.78, 5) is 13.7. The van der Waals surface area contributed by atoms with Gasteiger partial charge in [-0.15, -0.1) is 0 Å². The van der Waals surface area contributed by atoms with E-state index < -0.39 is 11.4 Å². The van der Waals surface area contributed by atoms with Gasteiger partial charge in [-0.3, -0.25) is 4.79 Å². The lowest BCUT2D eigenvalue weighted by Gasteiger charge is -2.41. The molecule has 0 amide bonds. The maximum absolute atomic E-state index is 11.3. The van der Waals surface area contributed by atoms with E-state index in [9.17, 15) is 9.90 Å². The lowest BCUT2D eigenvalue weighted by molar-refractivity contribution is -0.140. The SMILES string of the molecule is CCCC1CN(c2ccc(C3(C(=O)O)CC3)cc2)C1. The van der Waals surface area contributed by atoms with Crippen LogP contribution in [-0.4, -0.2) is 24.2 Å². The van der Waals surface area contributed by atoms with Gasteiger partial charge in [0.05, 0.1) is 5.41 Å². The average molecular weight is 259 g/mol. The normalized spacial score (nSPS) is 21.0. The summed E-state index contributed by atoms with van der Waals surface area (Å²) in [5.41, 5.74) is 1.63. The molecule has 2 fully saturated rings. The van der Waals surface area contributed by atoms with Gasteiger partial charge in [-0.05, 0) is 42.9 Å². The second-order valence-electron chi connectivity index (χ2n) is 5.99. The highest BCUT2D eigenvalue weighted by molar-refractivity contribution is 5.85. The van der Waals surface area contributed by atoms with Gasteiger partial charge in [0.1, 0.15) is 0 Å². The van der Waals surface area contributed by atoms with Crippen LogP contribution in [0.15, 0.2) is 24.3 Å². The summed E-state index contributed by atoms with van der Waals surface area (Å²) in [5, 5.41) is 9.28. The largest absolute Gasteiger partial charge is 0.481 e. The number of hydrogen-bond donors (Lipinski definition) is 1. The minimum absolute atomic E-state index is 0.571. The molecule has 19 heavy (non-hydrogen) atoms. The smallest absolute Gasteiger partial charge is 0.314 e. The van der Waals surface area contributed by atoms with Gasteiger partial charge in [0.25, 0.3) is 0 Å². The Morgan fingerprint density at radius 3 is 2.42 bits per heavy atom. The highest BCUT2D eigenvalue weighted by Gasteiger charge is 2.51. The molecule has 102 valence electrons. The molecule has 1 aliphatic heterocycles. The molecule has 3 nitrogen and oxygen atoms in total. The van der Waals surface area contributed by atoms with Gasteiger partial charge in [0.2, 0.25) is 0 Å². The van der Waals surface area contributed by atoms with E-state index in [1.807, 2.05) is 12.1 Å². The Morgan fingerprint density at radius 1 is 1.32 bits per heavy atom. The number of aliphatic carboxylic acids is 1. The summed E-state index contributed by atoms with van der Waals surface area (Å²) >= 11 is 0. The number of nitrogens with zero attached hydrogens (tertiary/aromatic N) is 1. The molecular weight excluding hydrogens is 238 g/mol. The third-order valence-corrected chi connectivity index (χ3v) is 4.60. The lowest BCUT2D eigenvalue weighted by atomic mass is 9.92. The van der Waals surface area contributed by atoms with E-state index in [0.29, 0.717) is 0 Å². The molecule has 3 rings (SSSR count). The molecular formula is C16H21NO2. The first-order valence-corrected chi connectivity index (χ1v) is 7.24. The van der Waals surface area contributed by atoms with E-state index in [0.717, 1.165) is 37.4 Å². The van der Waals surface area contributed by atoms with Crippen LogP contribution in [0.2, 0.25) is 0 Å². The van der Waals surface area contributed by atoms with Crippen molar-refractivity contribution in [2.75, 3.05) is 18.0 Å². The molecule has 0 atom stereocenters. The van der Waals surface area contributed by atoms with Crippen LogP contribution in [0, 0.1) is 5.92 Å². The van der Waals surface area contributed by atoms with Gasteiger partial charge in [-0.25, -0.2) is 0 Å². The van der Waals surface area contributed by atoms with Crippen molar-refractivity contribution in [3.8, 4) is 0 Å². The van der Waals surface area contributed by atoms with Crippen LogP contribution < -0.4 is 4.90 Å². The Bertz CT molecular complexity index is 470. The molecule has 1 N–H and O–H groups in total. The van der Waals surface area contributed by atoms with Crippen molar-refractivity contribution in [1.82, 2.24) is 0 Å². The number of carbonyl (C=O) groups is 1. The molecule has 1 saturated heterocycles. The van der Waals surface area contributed by atoms with E-state index in [4.69, 9.17) is 0 Å². The Kier molecular flexibility index (Phi) is 3.00. The molecule has 1 heterocycles. The minimum atomic E-state index is -0.674. The fourth-order valence-corrected chi connectivity index (χ4v) is 3.11. The summed E-state index contributed by atoms with van der Waals surface area (Å²) in [5.74, 6) is 0.172. The van der Waals surface area contributed by atoms with Gasteiger partial charge < -0.3 is 10.0 Å². The first-order valence-electron chi connectivity index (χ1n) is 7.24. The maximum atomic E-state index is 11.3. The van der Waals surface area contributed by atoms with E-state index in [1.54, 1.807) is 0 Å². The van der Waals surface area contributed by atoms with Gasteiger partial charge in [0, 0.05) is 18.8 Å².